The molecular formula is C44H74Cl2Hf2Si2. The molecule has 0 atom stereocenters. The quantitative estimate of drug-likeness (QED) is 0.246. The molecule has 4 aliphatic rings. The van der Waals surface area contributed by atoms with Crippen LogP contribution in [-0.2, 0) is 40.1 Å². The molecule has 0 aromatic rings. The zero-order valence-electron chi connectivity index (χ0n) is 36.0. The molecule has 0 amide bonds. The van der Waals surface area contributed by atoms with Crippen molar-refractivity contribution in [2.75, 3.05) is 0 Å². The van der Waals surface area contributed by atoms with E-state index in [1.807, 2.05) is 13.3 Å². The SMILES string of the molecule is CC1=[C]([Hf]([C]2=C(C)C=C(C(C)(C)C)C2)=[Si](C)C)CC(C(C)(C)C)=C1.CC1=[C]([Hf]([C]2=C(C)C=C(C(C)(C)C)C2)=[Si](C)C)CC(C(C)(C)C)=C1.Cl.Cl. The summed E-state index contributed by atoms with van der Waals surface area (Å²) in [6, 6.07) is 0. The molecule has 280 valence electrons. The average Bonchev–Trinajstić information content (AvgIpc) is 3.67. The Labute approximate surface area is 339 Å². The molecule has 0 nitrogen and oxygen atoms in total. The predicted molar refractivity (Wildman–Crippen MR) is 229 cm³/mol. The number of hydrogen-bond acceptors (Lipinski definition) is 0. The molecule has 0 aromatic heterocycles. The summed E-state index contributed by atoms with van der Waals surface area (Å²) in [6.45, 7) is 48.5. The Balaban J connectivity index is 0.000000481. The van der Waals surface area contributed by atoms with E-state index in [1.54, 1.807) is 44.6 Å². The maximum atomic E-state index is 2.59. The molecule has 0 spiro atoms. The van der Waals surface area contributed by atoms with Crippen LogP contribution in [0, 0.1) is 21.7 Å². The molecule has 0 bridgehead atoms. The molecular weight excluding hydrogens is 1010 g/mol. The van der Waals surface area contributed by atoms with Crippen LogP contribution < -0.4 is 0 Å². The van der Waals surface area contributed by atoms with Crippen LogP contribution in [0.4, 0.5) is 0 Å². The van der Waals surface area contributed by atoms with E-state index in [0.717, 1.165) is 0 Å². The Bertz CT molecular complexity index is 1440. The topological polar surface area (TPSA) is 0 Å². The molecule has 0 N–H and O–H groups in total. The van der Waals surface area contributed by atoms with Gasteiger partial charge in [-0.05, 0) is 0 Å². The minimum absolute atomic E-state index is 0. The molecule has 4 rings (SSSR count). The van der Waals surface area contributed by atoms with Crippen molar-refractivity contribution < 1.29 is 40.1 Å². The predicted octanol–water partition coefficient (Wildman–Crippen LogP) is 15.2. The number of rotatable bonds is 4. The van der Waals surface area contributed by atoms with Crippen molar-refractivity contribution in [2.45, 2.75) is 163 Å². The van der Waals surface area contributed by atoms with Gasteiger partial charge in [0.25, 0.3) is 0 Å². The molecule has 0 saturated carbocycles. The van der Waals surface area contributed by atoms with Crippen molar-refractivity contribution in [2.24, 2.45) is 21.7 Å². The maximum Gasteiger partial charge on any atom is -0.147 e. The molecule has 0 aromatic carbocycles. The molecule has 50 heavy (non-hydrogen) atoms. The Morgan fingerprint density at radius 1 is 0.380 bits per heavy atom. The fraction of sp³-hybridized carbons (Fsp3) is 0.636. The van der Waals surface area contributed by atoms with Gasteiger partial charge in [-0.3, -0.25) is 0 Å². The van der Waals surface area contributed by atoms with E-state index in [0.29, 0.717) is 21.7 Å². The van der Waals surface area contributed by atoms with Gasteiger partial charge in [0.2, 0.25) is 0 Å². The first-order chi connectivity index (χ1) is 21.6. The van der Waals surface area contributed by atoms with Crippen molar-refractivity contribution in [1.82, 2.24) is 0 Å². The summed E-state index contributed by atoms with van der Waals surface area (Å²) in [7, 11) is 0. The minimum Gasteiger partial charge on any atom is -0.147 e. The summed E-state index contributed by atoms with van der Waals surface area (Å²) in [4.78, 5) is 0. The van der Waals surface area contributed by atoms with Crippen molar-refractivity contribution in [3.63, 3.8) is 0 Å². The van der Waals surface area contributed by atoms with E-state index >= 15 is 0 Å². The Hall–Kier alpha value is 0.674. The van der Waals surface area contributed by atoms with Crippen LogP contribution in [0.25, 0.3) is 0 Å². The summed E-state index contributed by atoms with van der Waals surface area (Å²) < 4.78 is 7.73. The normalized spacial score (nSPS) is 18.3. The molecule has 0 heterocycles. The Morgan fingerprint density at radius 2 is 0.540 bits per heavy atom. The molecule has 0 aliphatic heterocycles. The second kappa shape index (κ2) is 18.1. The zero-order valence-corrected chi connectivity index (χ0v) is 46.8. The van der Waals surface area contributed by atoms with E-state index in [4.69, 9.17) is 0 Å². The van der Waals surface area contributed by atoms with Gasteiger partial charge in [-0.2, -0.15) is 0 Å². The monoisotopic (exact) mass is 1090 g/mol. The zero-order chi connectivity index (χ0) is 36.9. The van der Waals surface area contributed by atoms with Gasteiger partial charge >= 0.3 is 318 Å². The first-order valence-electron chi connectivity index (χ1n) is 18.6. The molecule has 4 aliphatic carbocycles. The minimum atomic E-state index is -1.89. The van der Waals surface area contributed by atoms with Gasteiger partial charge in [-0.15, -0.1) is 24.8 Å². The first kappa shape index (κ1) is 48.7. The van der Waals surface area contributed by atoms with Gasteiger partial charge in [-0.25, -0.2) is 0 Å². The standard InChI is InChI=1S/4C10H15.2C2H6Si.2ClH.2Hf/c4*1-8-5-6-9(7-8)10(2,3)4;2*1-3-2;;;;/h4*7H,6H2,1-4H3;2*1-2H3;2*1H;;. The third-order valence-electron chi connectivity index (χ3n) is 11.0. The van der Waals surface area contributed by atoms with Gasteiger partial charge in [0, 0.05) is 0 Å². The van der Waals surface area contributed by atoms with Crippen LogP contribution in [0.5, 0.6) is 0 Å². The van der Waals surface area contributed by atoms with Crippen LogP contribution >= 0.6 is 24.8 Å². The molecule has 0 saturated heterocycles. The summed E-state index contributed by atoms with van der Waals surface area (Å²) >= 11 is -3.78. The number of hydrogen-bond donors (Lipinski definition) is 0. The third kappa shape index (κ3) is 11.8. The van der Waals surface area contributed by atoms with E-state index in [1.165, 1.54) is 25.7 Å². The Kier molecular flexibility index (Phi) is 17.6. The van der Waals surface area contributed by atoms with Gasteiger partial charge in [0.1, 0.15) is 0 Å². The molecule has 0 radical (unpaired) electrons. The summed E-state index contributed by atoms with van der Waals surface area (Å²) in [5.74, 6) is 0. The van der Waals surface area contributed by atoms with Crippen LogP contribution in [-0.4, -0.2) is 11.0 Å². The molecule has 0 fully saturated rings. The smallest absolute Gasteiger partial charge is 0.147 e. The van der Waals surface area contributed by atoms with Gasteiger partial charge in [-0.1, -0.05) is 0 Å². The maximum absolute atomic E-state index is 2.59. The summed E-state index contributed by atoms with van der Waals surface area (Å²) in [6.07, 6.45) is 15.3. The van der Waals surface area contributed by atoms with E-state index < -0.39 is 40.1 Å². The second-order valence-electron chi connectivity index (χ2n) is 19.8. The average molecular weight is 1090 g/mol. The van der Waals surface area contributed by atoms with Crippen molar-refractivity contribution >= 4 is 35.8 Å². The van der Waals surface area contributed by atoms with Crippen LogP contribution in [0.3, 0.4) is 0 Å². The molecule has 0 unspecified atom stereocenters. The Morgan fingerprint density at radius 3 is 0.640 bits per heavy atom. The number of halogens is 2. The summed E-state index contributed by atoms with van der Waals surface area (Å²) in [5.41, 5.74) is 14.1. The third-order valence-corrected chi connectivity index (χ3v) is 61.3. The van der Waals surface area contributed by atoms with Gasteiger partial charge < -0.3 is 0 Å². The number of allylic oxidation sites excluding steroid dienone is 16. The fourth-order valence-corrected chi connectivity index (χ4v) is 59.9. The van der Waals surface area contributed by atoms with E-state index in [-0.39, 0.29) is 35.8 Å². The van der Waals surface area contributed by atoms with Gasteiger partial charge in [0.15, 0.2) is 0 Å². The fourth-order valence-electron chi connectivity index (χ4n) is 7.56. The van der Waals surface area contributed by atoms with Gasteiger partial charge in [0.05, 0.1) is 0 Å². The largest absolute Gasteiger partial charge is 0.147 e. The van der Waals surface area contributed by atoms with Crippen molar-refractivity contribution in [3.05, 3.63) is 82.2 Å². The first-order valence-corrected chi connectivity index (χ1v) is 41.6. The van der Waals surface area contributed by atoms with Crippen molar-refractivity contribution in [3.8, 4) is 0 Å². The van der Waals surface area contributed by atoms with E-state index in [2.05, 4.69) is 161 Å². The van der Waals surface area contributed by atoms with Crippen LogP contribution in [0.15, 0.2) is 82.2 Å². The molecule has 6 heteroatoms. The van der Waals surface area contributed by atoms with Crippen LogP contribution in [0.2, 0.25) is 26.2 Å². The van der Waals surface area contributed by atoms with Crippen LogP contribution in [0.1, 0.15) is 136 Å². The second-order valence-corrected chi connectivity index (χ2v) is 67.6. The van der Waals surface area contributed by atoms with Crippen molar-refractivity contribution in [1.29, 1.82) is 0 Å². The summed E-state index contributed by atoms with van der Waals surface area (Å²) in [5, 5.41) is 0. The van der Waals surface area contributed by atoms with E-state index in [9.17, 15) is 0 Å².